The van der Waals surface area contributed by atoms with E-state index in [9.17, 15) is 4.79 Å². The molecule has 4 heteroatoms. The minimum absolute atomic E-state index is 0.0519. The largest absolute Gasteiger partial charge is 0.381 e. The van der Waals surface area contributed by atoms with E-state index in [1.807, 2.05) is 0 Å². The molecule has 1 aliphatic rings. The number of carbonyl (C=O) groups excluding carboxylic acids is 1. The summed E-state index contributed by atoms with van der Waals surface area (Å²) in [4.78, 5) is 10.6. The van der Waals surface area contributed by atoms with Crippen molar-refractivity contribution in [2.45, 2.75) is 32.2 Å². The number of amides is 1. The van der Waals surface area contributed by atoms with E-state index in [1.165, 1.54) is 0 Å². The summed E-state index contributed by atoms with van der Waals surface area (Å²) >= 11 is 0. The highest BCUT2D eigenvalue weighted by Crippen LogP contribution is 2.05. The Morgan fingerprint density at radius 2 is 2.07 bits per heavy atom. The van der Waals surface area contributed by atoms with Crippen molar-refractivity contribution in [1.29, 1.82) is 0 Å². The molecule has 14 heavy (non-hydrogen) atoms. The average Bonchev–Trinajstić information content (AvgIpc) is 2.18. The molecule has 0 aromatic rings. The highest BCUT2D eigenvalue weighted by atomic mass is 16.5. The van der Waals surface area contributed by atoms with E-state index < -0.39 is 0 Å². The van der Waals surface area contributed by atoms with Crippen molar-refractivity contribution < 1.29 is 9.53 Å². The van der Waals surface area contributed by atoms with Crippen LogP contribution in [0.1, 0.15) is 26.2 Å². The molecule has 1 amide bonds. The zero-order valence-corrected chi connectivity index (χ0v) is 8.84. The van der Waals surface area contributed by atoms with Crippen molar-refractivity contribution in [2.24, 2.45) is 0 Å². The Bertz CT molecular complexity index is 168. The average molecular weight is 200 g/mol. The van der Waals surface area contributed by atoms with Gasteiger partial charge in [0.15, 0.2) is 0 Å². The van der Waals surface area contributed by atoms with Crippen molar-refractivity contribution in [2.75, 3.05) is 26.3 Å². The minimum Gasteiger partial charge on any atom is -0.381 e. The quantitative estimate of drug-likeness (QED) is 0.627. The van der Waals surface area contributed by atoms with E-state index >= 15 is 0 Å². The first-order chi connectivity index (χ1) is 6.79. The molecule has 0 bridgehead atoms. The molecule has 0 aromatic carbocycles. The molecule has 0 spiro atoms. The molecule has 2 N–H and O–H groups in total. The Kier molecular flexibility index (Phi) is 5.56. The van der Waals surface area contributed by atoms with Crippen molar-refractivity contribution in [3.05, 3.63) is 0 Å². The predicted molar refractivity (Wildman–Crippen MR) is 55.1 cm³/mol. The summed E-state index contributed by atoms with van der Waals surface area (Å²) in [6, 6.07) is 0.612. The Hall–Kier alpha value is -0.610. The van der Waals surface area contributed by atoms with Crippen LogP contribution in [0.15, 0.2) is 0 Å². The van der Waals surface area contributed by atoms with Crippen molar-refractivity contribution in [3.63, 3.8) is 0 Å². The number of ether oxygens (including phenoxy) is 1. The SMILES string of the molecule is CC(=O)NCCCNC1CCOCC1. The zero-order valence-electron chi connectivity index (χ0n) is 8.84. The highest BCUT2D eigenvalue weighted by Gasteiger charge is 2.11. The first-order valence-electron chi connectivity index (χ1n) is 5.34. The van der Waals surface area contributed by atoms with Crippen LogP contribution in [0.25, 0.3) is 0 Å². The number of nitrogens with one attached hydrogen (secondary N) is 2. The molecular weight excluding hydrogens is 180 g/mol. The van der Waals surface area contributed by atoms with Crippen LogP contribution in [-0.2, 0) is 9.53 Å². The summed E-state index contributed by atoms with van der Waals surface area (Å²) in [6.45, 7) is 5.05. The fourth-order valence-electron chi connectivity index (χ4n) is 1.56. The molecule has 1 rings (SSSR count). The lowest BCUT2D eigenvalue weighted by Crippen LogP contribution is -2.36. The summed E-state index contributed by atoms with van der Waals surface area (Å²) in [6.07, 6.45) is 3.22. The van der Waals surface area contributed by atoms with E-state index in [2.05, 4.69) is 10.6 Å². The highest BCUT2D eigenvalue weighted by molar-refractivity contribution is 5.72. The van der Waals surface area contributed by atoms with Gasteiger partial charge in [-0.3, -0.25) is 4.79 Å². The van der Waals surface area contributed by atoms with E-state index in [1.54, 1.807) is 6.92 Å². The lowest BCUT2D eigenvalue weighted by Gasteiger charge is -2.23. The molecule has 0 unspecified atom stereocenters. The Labute approximate surface area is 85.4 Å². The van der Waals surface area contributed by atoms with Gasteiger partial charge in [-0.05, 0) is 25.8 Å². The molecule has 1 saturated heterocycles. The fourth-order valence-corrected chi connectivity index (χ4v) is 1.56. The third kappa shape index (κ3) is 5.19. The molecule has 0 saturated carbocycles. The molecule has 4 nitrogen and oxygen atoms in total. The van der Waals surface area contributed by atoms with E-state index in [-0.39, 0.29) is 5.91 Å². The van der Waals surface area contributed by atoms with Crippen molar-refractivity contribution in [3.8, 4) is 0 Å². The molecule has 0 radical (unpaired) electrons. The maximum Gasteiger partial charge on any atom is 0.216 e. The Morgan fingerprint density at radius 1 is 1.36 bits per heavy atom. The third-order valence-electron chi connectivity index (χ3n) is 2.38. The van der Waals surface area contributed by atoms with Crippen LogP contribution in [0.5, 0.6) is 0 Å². The minimum atomic E-state index is 0.0519. The number of carbonyl (C=O) groups is 1. The van der Waals surface area contributed by atoms with Gasteiger partial charge in [-0.15, -0.1) is 0 Å². The van der Waals surface area contributed by atoms with Crippen LogP contribution in [0.2, 0.25) is 0 Å². The third-order valence-corrected chi connectivity index (χ3v) is 2.38. The lowest BCUT2D eigenvalue weighted by atomic mass is 10.1. The van der Waals surface area contributed by atoms with Gasteiger partial charge >= 0.3 is 0 Å². The standard InChI is InChI=1S/C10H20N2O2/c1-9(13)11-5-2-6-12-10-3-7-14-8-4-10/h10,12H,2-8H2,1H3,(H,11,13). The second kappa shape index (κ2) is 6.79. The van der Waals surface area contributed by atoms with Crippen molar-refractivity contribution >= 4 is 5.91 Å². The number of hydrogen-bond donors (Lipinski definition) is 2. The van der Waals surface area contributed by atoms with Gasteiger partial charge < -0.3 is 15.4 Å². The second-order valence-electron chi connectivity index (χ2n) is 3.68. The summed E-state index contributed by atoms with van der Waals surface area (Å²) in [5, 5.41) is 6.24. The summed E-state index contributed by atoms with van der Waals surface area (Å²) < 4.78 is 5.26. The van der Waals surface area contributed by atoms with Crippen LogP contribution in [0, 0.1) is 0 Å². The summed E-state index contributed by atoms with van der Waals surface area (Å²) in [7, 11) is 0. The fraction of sp³-hybridized carbons (Fsp3) is 0.900. The maximum atomic E-state index is 10.6. The number of hydrogen-bond acceptors (Lipinski definition) is 3. The maximum absolute atomic E-state index is 10.6. The topological polar surface area (TPSA) is 50.4 Å². The summed E-state index contributed by atoms with van der Waals surface area (Å²) in [5.41, 5.74) is 0. The first-order valence-corrected chi connectivity index (χ1v) is 5.34. The van der Waals surface area contributed by atoms with Crippen LogP contribution >= 0.6 is 0 Å². The molecule has 0 aromatic heterocycles. The van der Waals surface area contributed by atoms with Gasteiger partial charge in [0.05, 0.1) is 0 Å². The van der Waals surface area contributed by atoms with Gasteiger partial charge in [-0.2, -0.15) is 0 Å². The van der Waals surface area contributed by atoms with Gasteiger partial charge in [-0.1, -0.05) is 0 Å². The predicted octanol–water partition coefficient (Wildman–Crippen LogP) is 0.281. The van der Waals surface area contributed by atoms with Gasteiger partial charge in [-0.25, -0.2) is 0 Å². The molecular formula is C10H20N2O2. The van der Waals surface area contributed by atoms with Gasteiger partial charge in [0.25, 0.3) is 0 Å². The molecule has 82 valence electrons. The Balaban J connectivity index is 1.90. The molecule has 1 heterocycles. The van der Waals surface area contributed by atoms with Crippen molar-refractivity contribution in [1.82, 2.24) is 10.6 Å². The van der Waals surface area contributed by atoms with Crippen LogP contribution < -0.4 is 10.6 Å². The Morgan fingerprint density at radius 3 is 2.71 bits per heavy atom. The van der Waals surface area contributed by atoms with Gasteiger partial charge in [0.2, 0.25) is 5.91 Å². The molecule has 0 atom stereocenters. The molecule has 1 fully saturated rings. The number of rotatable bonds is 5. The van der Waals surface area contributed by atoms with E-state index in [0.29, 0.717) is 6.04 Å². The zero-order chi connectivity index (χ0) is 10.2. The second-order valence-corrected chi connectivity index (χ2v) is 3.68. The van der Waals surface area contributed by atoms with Crippen LogP contribution in [0.3, 0.4) is 0 Å². The van der Waals surface area contributed by atoms with Crippen LogP contribution in [0.4, 0.5) is 0 Å². The van der Waals surface area contributed by atoms with E-state index in [0.717, 1.165) is 45.6 Å². The normalized spacial score (nSPS) is 18.1. The monoisotopic (exact) mass is 200 g/mol. The first kappa shape index (κ1) is 11.5. The molecule has 0 aliphatic carbocycles. The molecule has 1 aliphatic heterocycles. The van der Waals surface area contributed by atoms with Gasteiger partial charge in [0, 0.05) is 32.7 Å². The van der Waals surface area contributed by atoms with Crippen LogP contribution in [-0.4, -0.2) is 38.3 Å². The lowest BCUT2D eigenvalue weighted by molar-refractivity contribution is -0.118. The van der Waals surface area contributed by atoms with Gasteiger partial charge in [0.1, 0.15) is 0 Å². The summed E-state index contributed by atoms with van der Waals surface area (Å²) in [5.74, 6) is 0.0519. The smallest absolute Gasteiger partial charge is 0.216 e. The van der Waals surface area contributed by atoms with E-state index in [4.69, 9.17) is 4.74 Å².